The SMILES string of the molecule is C=CC1CC1(NC(=O)[C@@H]1C2C(CN1C(=O)[C@@H](NC(=O)NC1(CS(=O)(=O)C(C)(C)C)CCCCC1)C(C)(C)C)C2(C)C)C(=O)C(=O)NC1CC1. The van der Waals surface area contributed by atoms with Crippen LogP contribution in [0.15, 0.2) is 12.7 Å². The lowest BCUT2D eigenvalue weighted by molar-refractivity contribution is -0.145. The molecule has 0 radical (unpaired) electrons. The summed E-state index contributed by atoms with van der Waals surface area (Å²) in [5.41, 5.74) is -3.33. The molecule has 4 unspecified atom stereocenters. The first kappa shape index (κ1) is 37.3. The minimum atomic E-state index is -3.56. The highest BCUT2D eigenvalue weighted by Gasteiger charge is 2.71. The van der Waals surface area contributed by atoms with Crippen molar-refractivity contribution in [1.82, 2.24) is 26.2 Å². The van der Waals surface area contributed by atoms with Crippen LogP contribution < -0.4 is 21.3 Å². The molecule has 6 atom stereocenters. The second-order valence-electron chi connectivity index (χ2n) is 18.1. The summed E-state index contributed by atoms with van der Waals surface area (Å²) in [7, 11) is -3.56. The molecule has 13 heteroatoms. The molecule has 4 N–H and O–H groups in total. The number of sulfone groups is 1. The van der Waals surface area contributed by atoms with Crippen LogP contribution in [0.3, 0.4) is 0 Å². The highest BCUT2D eigenvalue weighted by molar-refractivity contribution is 7.92. The van der Waals surface area contributed by atoms with Gasteiger partial charge in [0.05, 0.1) is 16.0 Å². The van der Waals surface area contributed by atoms with Gasteiger partial charge in [-0.05, 0) is 75.5 Å². The fourth-order valence-electron chi connectivity index (χ4n) is 8.16. The molecule has 0 bridgehead atoms. The predicted molar refractivity (Wildman–Crippen MR) is 186 cm³/mol. The number of fused-ring (bicyclic) bond motifs is 1. The number of hydrogen-bond donors (Lipinski definition) is 4. The van der Waals surface area contributed by atoms with E-state index in [0.29, 0.717) is 19.4 Å². The zero-order valence-corrected chi connectivity index (χ0v) is 31.3. The maximum Gasteiger partial charge on any atom is 0.315 e. The van der Waals surface area contributed by atoms with Gasteiger partial charge in [0.25, 0.3) is 5.91 Å². The Morgan fingerprint density at radius 2 is 1.57 bits per heavy atom. The minimum absolute atomic E-state index is 0.0176. The van der Waals surface area contributed by atoms with Crippen molar-refractivity contribution in [3.63, 3.8) is 0 Å². The lowest BCUT2D eigenvalue weighted by atomic mass is 9.83. The fraction of sp³-hybridized carbons (Fsp3) is 0.806. The van der Waals surface area contributed by atoms with Gasteiger partial charge in [0.15, 0.2) is 9.84 Å². The van der Waals surface area contributed by atoms with Crippen LogP contribution in [-0.4, -0.2) is 89.1 Å². The van der Waals surface area contributed by atoms with Crippen LogP contribution in [0.1, 0.15) is 107 Å². The van der Waals surface area contributed by atoms with Crippen molar-refractivity contribution in [2.75, 3.05) is 12.3 Å². The van der Waals surface area contributed by atoms with E-state index in [0.717, 1.165) is 32.1 Å². The van der Waals surface area contributed by atoms with Crippen molar-refractivity contribution in [1.29, 1.82) is 0 Å². The van der Waals surface area contributed by atoms with E-state index < -0.39 is 78.6 Å². The van der Waals surface area contributed by atoms with E-state index in [4.69, 9.17) is 0 Å². The van der Waals surface area contributed by atoms with Gasteiger partial charge in [-0.15, -0.1) is 6.58 Å². The maximum atomic E-state index is 14.5. The average molecular weight is 704 g/mol. The van der Waals surface area contributed by atoms with E-state index in [-0.39, 0.29) is 35.5 Å². The lowest BCUT2D eigenvalue weighted by Gasteiger charge is -2.41. The van der Waals surface area contributed by atoms with Crippen LogP contribution in [0.5, 0.6) is 0 Å². The second-order valence-corrected chi connectivity index (χ2v) is 20.8. The number of nitrogens with one attached hydrogen (secondary N) is 4. The predicted octanol–water partition coefficient (Wildman–Crippen LogP) is 3.01. The molecule has 49 heavy (non-hydrogen) atoms. The summed E-state index contributed by atoms with van der Waals surface area (Å²) in [4.78, 5) is 70.1. The molecular formula is C36H57N5O7S. The summed E-state index contributed by atoms with van der Waals surface area (Å²) in [6.07, 6.45) is 7.02. The van der Waals surface area contributed by atoms with Gasteiger partial charge in [-0.1, -0.05) is 60.0 Å². The summed E-state index contributed by atoms with van der Waals surface area (Å²) in [6.45, 7) is 18.7. The number of carbonyl (C=O) groups is 5. The normalized spacial score (nSPS) is 30.7. The first-order valence-electron chi connectivity index (χ1n) is 17.9. The number of carbonyl (C=O) groups excluding carboxylic acids is 5. The summed E-state index contributed by atoms with van der Waals surface area (Å²) >= 11 is 0. The summed E-state index contributed by atoms with van der Waals surface area (Å²) in [5.74, 6) is -3.03. The molecule has 274 valence electrons. The number of piperidine rings is 1. The first-order chi connectivity index (χ1) is 22.5. The van der Waals surface area contributed by atoms with Gasteiger partial charge in [0.1, 0.15) is 17.6 Å². The van der Waals surface area contributed by atoms with Crippen molar-refractivity contribution in [2.45, 2.75) is 141 Å². The van der Waals surface area contributed by atoms with Crippen molar-refractivity contribution < 1.29 is 32.4 Å². The molecule has 1 saturated heterocycles. The van der Waals surface area contributed by atoms with Crippen molar-refractivity contribution in [3.05, 3.63) is 12.7 Å². The van der Waals surface area contributed by atoms with Crippen molar-refractivity contribution in [3.8, 4) is 0 Å². The van der Waals surface area contributed by atoms with Crippen LogP contribution in [0.25, 0.3) is 0 Å². The largest absolute Gasteiger partial charge is 0.347 e. The third kappa shape index (κ3) is 7.15. The Hall–Kier alpha value is -2.96. The number of likely N-dealkylation sites (tertiary alicyclic amines) is 1. The number of hydrogen-bond acceptors (Lipinski definition) is 7. The molecule has 0 aromatic rings. The van der Waals surface area contributed by atoms with Crippen molar-refractivity contribution in [2.24, 2.45) is 28.6 Å². The summed E-state index contributed by atoms with van der Waals surface area (Å²) < 4.78 is 25.6. The quantitative estimate of drug-likeness (QED) is 0.189. The molecule has 5 aliphatic rings. The molecule has 1 aliphatic heterocycles. The second kappa shape index (κ2) is 12.4. The van der Waals surface area contributed by atoms with Crippen LogP contribution in [0, 0.1) is 28.6 Å². The summed E-state index contributed by atoms with van der Waals surface area (Å²) in [5, 5.41) is 11.5. The Kier molecular flexibility index (Phi) is 9.42. The van der Waals surface area contributed by atoms with Gasteiger partial charge in [-0.25, -0.2) is 13.2 Å². The molecule has 5 amide bonds. The van der Waals surface area contributed by atoms with Crippen LogP contribution in [-0.2, 0) is 29.0 Å². The van der Waals surface area contributed by atoms with Crippen LogP contribution in [0.4, 0.5) is 4.79 Å². The van der Waals surface area contributed by atoms with Crippen LogP contribution >= 0.6 is 0 Å². The zero-order chi connectivity index (χ0) is 36.5. The first-order valence-corrected chi connectivity index (χ1v) is 19.6. The number of rotatable bonds is 11. The average Bonchev–Trinajstić information content (AvgIpc) is 3.93. The molecule has 5 fully saturated rings. The molecular weight excluding hydrogens is 646 g/mol. The minimum Gasteiger partial charge on any atom is -0.347 e. The molecule has 4 saturated carbocycles. The highest BCUT2D eigenvalue weighted by Crippen LogP contribution is 2.65. The van der Waals surface area contributed by atoms with Gasteiger partial charge in [-0.2, -0.15) is 0 Å². The molecule has 1 heterocycles. The van der Waals surface area contributed by atoms with E-state index in [1.165, 1.54) is 4.90 Å². The summed E-state index contributed by atoms with van der Waals surface area (Å²) in [6, 6.07) is -2.57. The molecule has 4 aliphatic carbocycles. The van der Waals surface area contributed by atoms with E-state index >= 15 is 0 Å². The number of nitrogens with zero attached hydrogens (tertiary/aromatic N) is 1. The molecule has 0 aromatic carbocycles. The Morgan fingerprint density at radius 1 is 0.959 bits per heavy atom. The standard InChI is InChI=1S/C36H57N5O7S/c1-10-21-18-36(21,27(42)29(44)37-22-14-15-22)39-28(43)25-24-23(34(24,8)9)19-41(25)30(45)26(32(2,3)4)38-31(46)40-35(16-12-11-13-17-35)20-49(47,48)33(5,6)7/h10,21-26H,1,11-20H2,2-9H3,(H,37,44)(H,39,43)(H2,38,40,46)/t21?,23?,24?,25-,26+,36?/m0/s1. The van der Waals surface area contributed by atoms with Gasteiger partial charge in [-0.3, -0.25) is 19.2 Å². The maximum absolute atomic E-state index is 14.5. The lowest BCUT2D eigenvalue weighted by Crippen LogP contribution is -2.64. The van der Waals surface area contributed by atoms with E-state index in [1.807, 2.05) is 20.8 Å². The fourth-order valence-corrected chi connectivity index (χ4v) is 9.68. The van der Waals surface area contributed by atoms with Gasteiger partial charge in [0, 0.05) is 18.5 Å². The van der Waals surface area contributed by atoms with Crippen LogP contribution in [0.2, 0.25) is 0 Å². The van der Waals surface area contributed by atoms with Gasteiger partial charge < -0.3 is 26.2 Å². The Labute approximate surface area is 291 Å². The molecule has 12 nitrogen and oxygen atoms in total. The Bertz CT molecular complexity index is 1520. The van der Waals surface area contributed by atoms with E-state index in [2.05, 4.69) is 41.7 Å². The number of amides is 5. The molecule has 0 aromatic heterocycles. The number of ketones is 1. The van der Waals surface area contributed by atoms with E-state index in [1.54, 1.807) is 26.8 Å². The third-order valence-electron chi connectivity index (χ3n) is 11.9. The highest BCUT2D eigenvalue weighted by atomic mass is 32.2. The Morgan fingerprint density at radius 3 is 2.08 bits per heavy atom. The zero-order valence-electron chi connectivity index (χ0n) is 30.5. The Balaban J connectivity index is 1.35. The van der Waals surface area contributed by atoms with Gasteiger partial charge >= 0.3 is 6.03 Å². The molecule has 5 rings (SSSR count). The van der Waals surface area contributed by atoms with Gasteiger partial charge in [0.2, 0.25) is 17.6 Å². The number of urea groups is 1. The van der Waals surface area contributed by atoms with E-state index in [9.17, 15) is 32.4 Å². The third-order valence-corrected chi connectivity index (χ3v) is 14.7. The smallest absolute Gasteiger partial charge is 0.315 e. The molecule has 0 spiro atoms. The number of Topliss-reactive ketones (excluding diaryl/α,β-unsaturated/α-hetero) is 1. The van der Waals surface area contributed by atoms with Crippen molar-refractivity contribution >= 4 is 39.4 Å². The monoisotopic (exact) mass is 703 g/mol. The topological polar surface area (TPSA) is 171 Å².